The van der Waals surface area contributed by atoms with Gasteiger partial charge in [0.1, 0.15) is 5.75 Å². The summed E-state index contributed by atoms with van der Waals surface area (Å²) >= 11 is 0. The van der Waals surface area contributed by atoms with Gasteiger partial charge in [0, 0.05) is 11.4 Å². The normalized spacial score (nSPS) is 10.3. The van der Waals surface area contributed by atoms with Gasteiger partial charge < -0.3 is 14.8 Å². The minimum Gasteiger partial charge on any atom is -0.497 e. The molecular weight excluding hydrogens is 400 g/mol. The number of benzene rings is 2. The molecule has 0 atom stereocenters. The van der Waals surface area contributed by atoms with Crippen molar-refractivity contribution in [2.24, 2.45) is 0 Å². The molecule has 2 aromatic carbocycles. The summed E-state index contributed by atoms with van der Waals surface area (Å²) in [4.78, 5) is 35.9. The molecule has 0 saturated heterocycles. The number of amides is 3. The van der Waals surface area contributed by atoms with Gasteiger partial charge in [-0.15, -0.1) is 0 Å². The maximum Gasteiger partial charge on any atom is 0.338 e. The third kappa shape index (κ3) is 5.69. The van der Waals surface area contributed by atoms with E-state index in [1.54, 1.807) is 53.2 Å². The van der Waals surface area contributed by atoms with Gasteiger partial charge in [-0.25, -0.2) is 14.3 Å². The molecule has 9 nitrogen and oxygen atoms in total. The maximum atomic E-state index is 12.2. The van der Waals surface area contributed by atoms with Gasteiger partial charge in [0.25, 0.3) is 5.91 Å². The highest BCUT2D eigenvalue weighted by atomic mass is 16.5. The van der Waals surface area contributed by atoms with Gasteiger partial charge in [-0.2, -0.15) is 5.10 Å². The van der Waals surface area contributed by atoms with E-state index in [4.69, 9.17) is 9.47 Å². The Balaban J connectivity index is 1.48. The van der Waals surface area contributed by atoms with Crippen LogP contribution in [0.5, 0.6) is 5.75 Å². The number of nitrogens with one attached hydrogen (secondary N) is 2. The zero-order valence-corrected chi connectivity index (χ0v) is 17.3. The maximum absolute atomic E-state index is 12.2. The van der Waals surface area contributed by atoms with E-state index in [2.05, 4.69) is 15.7 Å². The lowest BCUT2D eigenvalue weighted by Gasteiger charge is -2.09. The van der Waals surface area contributed by atoms with Gasteiger partial charge in [0.15, 0.2) is 6.61 Å². The molecular formula is C22H22N4O5. The average molecular weight is 422 g/mol. The number of methoxy groups -OCH3 is 1. The Morgan fingerprint density at radius 2 is 1.68 bits per heavy atom. The number of urea groups is 1. The van der Waals surface area contributed by atoms with Crippen LogP contribution < -0.4 is 15.4 Å². The van der Waals surface area contributed by atoms with Gasteiger partial charge >= 0.3 is 12.0 Å². The summed E-state index contributed by atoms with van der Waals surface area (Å²) in [6.07, 6.45) is 0. The van der Waals surface area contributed by atoms with Gasteiger partial charge in [0.05, 0.1) is 24.1 Å². The van der Waals surface area contributed by atoms with Crippen molar-refractivity contribution in [1.82, 2.24) is 15.1 Å². The number of rotatable bonds is 6. The van der Waals surface area contributed by atoms with Crippen LogP contribution >= 0.6 is 0 Å². The molecule has 160 valence electrons. The van der Waals surface area contributed by atoms with E-state index < -0.39 is 24.5 Å². The van der Waals surface area contributed by atoms with E-state index in [0.717, 1.165) is 17.1 Å². The Kier molecular flexibility index (Phi) is 6.66. The molecule has 3 rings (SSSR count). The number of esters is 1. The molecule has 1 heterocycles. The highest BCUT2D eigenvalue weighted by Gasteiger charge is 2.13. The number of imide groups is 1. The number of carbonyl (C=O) groups is 3. The second-order valence-electron chi connectivity index (χ2n) is 6.69. The predicted molar refractivity (Wildman–Crippen MR) is 113 cm³/mol. The van der Waals surface area contributed by atoms with E-state index in [0.29, 0.717) is 11.4 Å². The zero-order valence-electron chi connectivity index (χ0n) is 17.3. The number of carbonyl (C=O) groups excluding carboxylic acids is 3. The number of aryl methyl sites for hydroxylation is 2. The van der Waals surface area contributed by atoms with Crippen LogP contribution in [-0.2, 0) is 9.53 Å². The summed E-state index contributed by atoms with van der Waals surface area (Å²) in [7, 11) is 1.53. The van der Waals surface area contributed by atoms with Crippen LogP contribution in [0.25, 0.3) is 5.69 Å². The molecule has 0 aliphatic heterocycles. The Morgan fingerprint density at radius 3 is 2.26 bits per heavy atom. The van der Waals surface area contributed by atoms with Crippen molar-refractivity contribution in [3.8, 4) is 11.4 Å². The van der Waals surface area contributed by atoms with E-state index in [-0.39, 0.29) is 5.56 Å². The van der Waals surface area contributed by atoms with E-state index >= 15 is 0 Å². The van der Waals surface area contributed by atoms with Crippen molar-refractivity contribution < 1.29 is 23.9 Å². The second kappa shape index (κ2) is 9.57. The highest BCUT2D eigenvalue weighted by Crippen LogP contribution is 2.15. The molecule has 31 heavy (non-hydrogen) atoms. The lowest BCUT2D eigenvalue weighted by Crippen LogP contribution is -2.37. The van der Waals surface area contributed by atoms with Crippen LogP contribution in [0.4, 0.5) is 10.5 Å². The first-order chi connectivity index (χ1) is 14.9. The monoisotopic (exact) mass is 422 g/mol. The molecule has 0 unspecified atom stereocenters. The van der Waals surface area contributed by atoms with Gasteiger partial charge in [-0.3, -0.25) is 10.1 Å². The highest BCUT2D eigenvalue weighted by molar-refractivity contribution is 6.02. The molecule has 0 fully saturated rings. The fourth-order valence-electron chi connectivity index (χ4n) is 2.84. The molecule has 0 aliphatic rings. The number of anilines is 1. The topological polar surface area (TPSA) is 112 Å². The Labute approximate surface area is 179 Å². The minimum atomic E-state index is -0.751. The average Bonchev–Trinajstić information content (AvgIpc) is 3.10. The van der Waals surface area contributed by atoms with Crippen molar-refractivity contribution >= 4 is 23.6 Å². The minimum absolute atomic E-state index is 0.278. The molecule has 2 N–H and O–H groups in total. The summed E-state index contributed by atoms with van der Waals surface area (Å²) < 4.78 is 11.8. The summed E-state index contributed by atoms with van der Waals surface area (Å²) in [6, 6.07) is 14.4. The first kappa shape index (κ1) is 21.6. The standard InChI is InChI=1S/C22H22N4O5/c1-14-12-15(2)26(25-14)18-8-4-16(5-9-18)21(28)31-13-20(27)24-22(29)23-17-6-10-19(30-3)11-7-17/h4-12H,13H2,1-3H3,(H2,23,24,27,29). The molecule has 0 saturated carbocycles. The Morgan fingerprint density at radius 1 is 1.00 bits per heavy atom. The van der Waals surface area contributed by atoms with Crippen molar-refractivity contribution in [2.45, 2.75) is 13.8 Å². The Bertz CT molecular complexity index is 1090. The molecule has 9 heteroatoms. The van der Waals surface area contributed by atoms with Gasteiger partial charge in [0.2, 0.25) is 0 Å². The van der Waals surface area contributed by atoms with E-state index in [1.165, 1.54) is 7.11 Å². The van der Waals surface area contributed by atoms with Crippen LogP contribution in [0.3, 0.4) is 0 Å². The molecule has 0 aliphatic carbocycles. The fourth-order valence-corrected chi connectivity index (χ4v) is 2.84. The first-order valence-electron chi connectivity index (χ1n) is 9.41. The number of ether oxygens (including phenoxy) is 2. The van der Waals surface area contributed by atoms with Gasteiger partial charge in [-0.1, -0.05) is 0 Å². The predicted octanol–water partition coefficient (Wildman–Crippen LogP) is 3.00. The second-order valence-corrected chi connectivity index (χ2v) is 6.69. The molecule has 1 aromatic heterocycles. The number of hydrogen-bond acceptors (Lipinski definition) is 6. The molecule has 0 bridgehead atoms. The molecule has 0 spiro atoms. The Hall–Kier alpha value is -4.14. The first-order valence-corrected chi connectivity index (χ1v) is 9.41. The zero-order chi connectivity index (χ0) is 22.4. The van der Waals surface area contributed by atoms with Crippen molar-refractivity contribution in [2.75, 3.05) is 19.0 Å². The quantitative estimate of drug-likeness (QED) is 0.591. The van der Waals surface area contributed by atoms with Crippen LogP contribution in [0.1, 0.15) is 21.7 Å². The molecule has 3 aromatic rings. The van der Waals surface area contributed by atoms with E-state index in [9.17, 15) is 14.4 Å². The summed E-state index contributed by atoms with van der Waals surface area (Å²) in [6.45, 7) is 3.25. The van der Waals surface area contributed by atoms with Gasteiger partial charge in [-0.05, 0) is 68.4 Å². The largest absolute Gasteiger partial charge is 0.497 e. The summed E-state index contributed by atoms with van der Waals surface area (Å²) in [5, 5.41) is 8.97. The van der Waals surface area contributed by atoms with Crippen LogP contribution in [-0.4, -0.2) is 41.4 Å². The SMILES string of the molecule is COc1ccc(NC(=O)NC(=O)COC(=O)c2ccc(-n3nc(C)cc3C)cc2)cc1. The van der Waals surface area contributed by atoms with Crippen LogP contribution in [0, 0.1) is 13.8 Å². The van der Waals surface area contributed by atoms with Crippen LogP contribution in [0.2, 0.25) is 0 Å². The van der Waals surface area contributed by atoms with Crippen molar-refractivity contribution in [3.63, 3.8) is 0 Å². The smallest absolute Gasteiger partial charge is 0.338 e. The van der Waals surface area contributed by atoms with Crippen molar-refractivity contribution in [1.29, 1.82) is 0 Å². The molecule has 3 amide bonds. The number of nitrogens with zero attached hydrogens (tertiary/aromatic N) is 2. The summed E-state index contributed by atoms with van der Waals surface area (Å²) in [5.74, 6) is -0.791. The summed E-state index contributed by atoms with van der Waals surface area (Å²) in [5.41, 5.74) is 3.42. The number of aromatic nitrogens is 2. The van der Waals surface area contributed by atoms with Crippen molar-refractivity contribution in [3.05, 3.63) is 71.5 Å². The fraction of sp³-hybridized carbons (Fsp3) is 0.182. The lowest BCUT2D eigenvalue weighted by molar-refractivity contribution is -0.123. The van der Waals surface area contributed by atoms with Crippen LogP contribution in [0.15, 0.2) is 54.6 Å². The third-order valence-corrected chi connectivity index (χ3v) is 4.29. The lowest BCUT2D eigenvalue weighted by atomic mass is 10.2. The third-order valence-electron chi connectivity index (χ3n) is 4.29. The number of hydrogen-bond donors (Lipinski definition) is 2. The van der Waals surface area contributed by atoms with E-state index in [1.807, 2.05) is 19.9 Å². The molecule has 0 radical (unpaired) electrons.